The third-order valence-corrected chi connectivity index (χ3v) is 5.99. The van der Waals surface area contributed by atoms with Crippen LogP contribution >= 0.6 is 0 Å². The summed E-state index contributed by atoms with van der Waals surface area (Å²) in [5.41, 5.74) is 5.35. The lowest BCUT2D eigenvalue weighted by Gasteiger charge is -2.18. The van der Waals surface area contributed by atoms with Crippen molar-refractivity contribution in [2.45, 2.75) is 25.8 Å². The predicted octanol–water partition coefficient (Wildman–Crippen LogP) is 4.92. The van der Waals surface area contributed by atoms with E-state index in [2.05, 4.69) is 41.8 Å². The van der Waals surface area contributed by atoms with Gasteiger partial charge in [-0.25, -0.2) is 4.98 Å². The number of anilines is 1. The fourth-order valence-electron chi connectivity index (χ4n) is 4.41. The smallest absolute Gasteiger partial charge is 0.227 e. The van der Waals surface area contributed by atoms with Crippen LogP contribution in [-0.4, -0.2) is 29.1 Å². The second-order valence-electron chi connectivity index (χ2n) is 8.14. The van der Waals surface area contributed by atoms with Crippen LogP contribution in [0.25, 0.3) is 11.0 Å². The number of amides is 1. The minimum atomic E-state index is 0.0543. The molecule has 1 unspecified atom stereocenters. The molecule has 0 radical (unpaired) electrons. The van der Waals surface area contributed by atoms with Crippen molar-refractivity contribution in [1.29, 1.82) is 0 Å². The number of imidazole rings is 1. The van der Waals surface area contributed by atoms with Gasteiger partial charge in [0.05, 0.1) is 18.1 Å². The Hall–Kier alpha value is -3.60. The number of para-hydroxylation sites is 2. The van der Waals surface area contributed by atoms with Gasteiger partial charge in [0.1, 0.15) is 11.6 Å². The van der Waals surface area contributed by atoms with Gasteiger partial charge in [-0.3, -0.25) is 4.79 Å². The first-order valence-electron chi connectivity index (χ1n) is 10.6. The quantitative estimate of drug-likeness (QED) is 0.468. The normalized spacial score (nSPS) is 16.3. The zero-order chi connectivity index (χ0) is 21.4. The van der Waals surface area contributed by atoms with E-state index in [1.165, 1.54) is 5.56 Å². The molecule has 31 heavy (non-hydrogen) atoms. The van der Waals surface area contributed by atoms with Crippen LogP contribution in [0.5, 0.6) is 5.75 Å². The largest absolute Gasteiger partial charge is 0.497 e. The Morgan fingerprint density at radius 3 is 2.61 bits per heavy atom. The van der Waals surface area contributed by atoms with E-state index in [1.807, 2.05) is 47.4 Å². The minimum absolute atomic E-state index is 0.0543. The highest BCUT2D eigenvalue weighted by molar-refractivity contribution is 5.96. The summed E-state index contributed by atoms with van der Waals surface area (Å²) < 4.78 is 7.55. The number of aromatic nitrogens is 2. The number of carbonyl (C=O) groups is 1. The second kappa shape index (κ2) is 7.91. The van der Waals surface area contributed by atoms with Gasteiger partial charge < -0.3 is 14.2 Å². The van der Waals surface area contributed by atoms with Gasteiger partial charge in [0.15, 0.2) is 0 Å². The summed E-state index contributed by atoms with van der Waals surface area (Å²) in [6.07, 6.45) is 0.472. The van der Waals surface area contributed by atoms with Crippen molar-refractivity contribution >= 4 is 22.6 Å². The third kappa shape index (κ3) is 3.67. The molecule has 1 saturated heterocycles. The first-order valence-corrected chi connectivity index (χ1v) is 10.6. The van der Waals surface area contributed by atoms with Crippen molar-refractivity contribution in [2.75, 3.05) is 18.6 Å². The molecule has 0 saturated carbocycles. The van der Waals surface area contributed by atoms with Crippen molar-refractivity contribution in [3.8, 4) is 5.75 Å². The van der Waals surface area contributed by atoms with Crippen molar-refractivity contribution in [3.63, 3.8) is 0 Å². The van der Waals surface area contributed by atoms with Gasteiger partial charge in [-0.1, -0.05) is 36.4 Å². The molecule has 0 N–H and O–H groups in total. The van der Waals surface area contributed by atoms with E-state index >= 15 is 0 Å². The fraction of sp³-hybridized carbons (Fsp3) is 0.231. The fourth-order valence-corrected chi connectivity index (χ4v) is 4.41. The maximum absolute atomic E-state index is 12.9. The summed E-state index contributed by atoms with van der Waals surface area (Å²) in [6.45, 7) is 3.40. The lowest BCUT2D eigenvalue weighted by atomic mass is 10.1. The van der Waals surface area contributed by atoms with Crippen LogP contribution in [-0.2, 0) is 11.3 Å². The number of rotatable bonds is 5. The lowest BCUT2D eigenvalue weighted by Crippen LogP contribution is -2.24. The Morgan fingerprint density at radius 1 is 1.03 bits per heavy atom. The molecule has 1 atom stereocenters. The highest BCUT2D eigenvalue weighted by atomic mass is 16.5. The molecule has 4 aromatic rings. The van der Waals surface area contributed by atoms with Gasteiger partial charge >= 0.3 is 0 Å². The number of aryl methyl sites for hydroxylation is 1. The standard InChI is InChI=1S/C26H25N3O2/c1-18-6-5-7-21(14-18)28-17-20(15-25(28)30)26-27-23-8-3-4-9-24(23)29(26)16-19-10-12-22(31-2)13-11-19/h3-14,20H,15-17H2,1-2H3. The predicted molar refractivity (Wildman–Crippen MR) is 123 cm³/mol. The first kappa shape index (κ1) is 19.4. The number of hydrogen-bond acceptors (Lipinski definition) is 3. The Balaban J connectivity index is 1.51. The van der Waals surface area contributed by atoms with Crippen LogP contribution in [0.15, 0.2) is 72.8 Å². The number of carbonyl (C=O) groups excluding carboxylic acids is 1. The summed E-state index contributed by atoms with van der Waals surface area (Å²) in [5, 5.41) is 0. The van der Waals surface area contributed by atoms with E-state index in [0.29, 0.717) is 19.5 Å². The van der Waals surface area contributed by atoms with Gasteiger partial charge in [-0.05, 0) is 54.4 Å². The number of fused-ring (bicyclic) bond motifs is 1. The lowest BCUT2D eigenvalue weighted by molar-refractivity contribution is -0.117. The highest BCUT2D eigenvalue weighted by Gasteiger charge is 2.34. The molecule has 1 aromatic heterocycles. The molecule has 1 aliphatic heterocycles. The van der Waals surface area contributed by atoms with Gasteiger partial charge in [0.2, 0.25) is 5.91 Å². The van der Waals surface area contributed by atoms with Crippen LogP contribution in [0.3, 0.4) is 0 Å². The van der Waals surface area contributed by atoms with Crippen molar-refractivity contribution in [1.82, 2.24) is 9.55 Å². The average molecular weight is 412 g/mol. The number of ether oxygens (including phenoxy) is 1. The SMILES string of the molecule is COc1ccc(Cn2c(C3CC(=O)N(c4cccc(C)c4)C3)nc3ccccc32)cc1. The molecule has 0 bridgehead atoms. The van der Waals surface area contributed by atoms with Gasteiger partial charge in [-0.15, -0.1) is 0 Å². The third-order valence-electron chi connectivity index (χ3n) is 5.99. The number of hydrogen-bond donors (Lipinski definition) is 0. The van der Waals surface area contributed by atoms with Crippen LogP contribution in [0.2, 0.25) is 0 Å². The summed E-state index contributed by atoms with van der Waals surface area (Å²) in [7, 11) is 1.67. The van der Waals surface area contributed by atoms with Crippen LogP contribution < -0.4 is 9.64 Å². The number of nitrogens with zero attached hydrogens (tertiary/aromatic N) is 3. The zero-order valence-electron chi connectivity index (χ0n) is 17.8. The maximum Gasteiger partial charge on any atom is 0.227 e. The molecule has 0 aliphatic carbocycles. The topological polar surface area (TPSA) is 47.4 Å². The van der Waals surface area contributed by atoms with E-state index in [1.54, 1.807) is 7.11 Å². The van der Waals surface area contributed by atoms with Crippen LogP contribution in [0.4, 0.5) is 5.69 Å². The summed E-state index contributed by atoms with van der Waals surface area (Å²) >= 11 is 0. The molecule has 2 heterocycles. The number of benzene rings is 3. The Morgan fingerprint density at radius 2 is 1.84 bits per heavy atom. The molecular weight excluding hydrogens is 386 g/mol. The Kier molecular flexibility index (Phi) is 4.94. The minimum Gasteiger partial charge on any atom is -0.497 e. The first-order chi connectivity index (χ1) is 15.1. The second-order valence-corrected chi connectivity index (χ2v) is 8.14. The summed E-state index contributed by atoms with van der Waals surface area (Å²) in [6, 6.07) is 24.4. The van der Waals surface area contributed by atoms with Crippen LogP contribution in [0, 0.1) is 6.92 Å². The molecule has 0 spiro atoms. The molecule has 5 nitrogen and oxygen atoms in total. The monoisotopic (exact) mass is 411 g/mol. The summed E-state index contributed by atoms with van der Waals surface area (Å²) in [5.74, 6) is 2.02. The number of methoxy groups -OCH3 is 1. The molecule has 1 fully saturated rings. The van der Waals surface area contributed by atoms with Gasteiger partial charge in [0, 0.05) is 31.1 Å². The van der Waals surface area contributed by atoms with E-state index in [0.717, 1.165) is 33.9 Å². The Bertz CT molecular complexity index is 1240. The molecule has 1 amide bonds. The molecule has 3 aromatic carbocycles. The van der Waals surface area contributed by atoms with E-state index in [4.69, 9.17) is 9.72 Å². The molecule has 156 valence electrons. The summed E-state index contributed by atoms with van der Waals surface area (Å²) in [4.78, 5) is 19.8. The van der Waals surface area contributed by atoms with Crippen LogP contribution in [0.1, 0.15) is 29.3 Å². The van der Waals surface area contributed by atoms with Crippen molar-refractivity contribution in [2.24, 2.45) is 0 Å². The molecular formula is C26H25N3O2. The molecule has 5 rings (SSSR count). The van der Waals surface area contributed by atoms with E-state index in [-0.39, 0.29) is 11.8 Å². The molecule has 5 heteroatoms. The highest BCUT2D eigenvalue weighted by Crippen LogP contribution is 2.34. The average Bonchev–Trinajstić information content (AvgIpc) is 3.35. The van der Waals surface area contributed by atoms with E-state index < -0.39 is 0 Å². The van der Waals surface area contributed by atoms with Crippen molar-refractivity contribution < 1.29 is 9.53 Å². The molecule has 1 aliphatic rings. The van der Waals surface area contributed by atoms with E-state index in [9.17, 15) is 4.79 Å². The Labute approximate surface area is 181 Å². The van der Waals surface area contributed by atoms with Gasteiger partial charge in [-0.2, -0.15) is 0 Å². The van der Waals surface area contributed by atoms with Gasteiger partial charge in [0.25, 0.3) is 0 Å². The maximum atomic E-state index is 12.9. The zero-order valence-corrected chi connectivity index (χ0v) is 17.8. The van der Waals surface area contributed by atoms with Crippen molar-refractivity contribution in [3.05, 3.63) is 89.7 Å².